The topological polar surface area (TPSA) is 69.2 Å². The van der Waals surface area contributed by atoms with Gasteiger partial charge in [-0.05, 0) is 18.3 Å². The van der Waals surface area contributed by atoms with Gasteiger partial charge in [0.15, 0.2) is 11.4 Å². The first kappa shape index (κ1) is 13.0. The fourth-order valence-electron chi connectivity index (χ4n) is 1.61. The van der Waals surface area contributed by atoms with E-state index >= 15 is 0 Å². The molecule has 0 amide bonds. The molecule has 2 rings (SSSR count). The van der Waals surface area contributed by atoms with Crippen LogP contribution in [0, 0.1) is 5.41 Å². The molecule has 0 aliphatic heterocycles. The molecule has 6 heteroatoms. The molecule has 0 saturated heterocycles. The molecule has 5 nitrogen and oxygen atoms in total. The van der Waals surface area contributed by atoms with E-state index in [0.29, 0.717) is 23.4 Å². The number of esters is 1. The lowest BCUT2D eigenvalue weighted by atomic mass is 10.1. The summed E-state index contributed by atoms with van der Waals surface area (Å²) in [5, 5.41) is 0.636. The van der Waals surface area contributed by atoms with Crippen LogP contribution in [0.5, 0.6) is 0 Å². The third-order valence-corrected chi connectivity index (χ3v) is 4.22. The molecule has 0 aromatic carbocycles. The second-order valence-electron chi connectivity index (χ2n) is 4.46. The summed E-state index contributed by atoms with van der Waals surface area (Å²) >= 11 is 1.52. The van der Waals surface area contributed by atoms with Crippen molar-refractivity contribution in [3.8, 4) is 0 Å². The average molecular weight is 266 g/mol. The maximum absolute atomic E-state index is 11.3. The Balaban J connectivity index is 1.87. The van der Waals surface area contributed by atoms with Crippen LogP contribution in [0.3, 0.4) is 0 Å². The molecule has 1 aromatic heterocycles. The Kier molecular flexibility index (Phi) is 3.96. The second kappa shape index (κ2) is 5.48. The van der Waals surface area contributed by atoms with Gasteiger partial charge in [0.1, 0.15) is 0 Å². The summed E-state index contributed by atoms with van der Waals surface area (Å²) in [6, 6.07) is 0. The first-order chi connectivity index (χ1) is 8.67. The minimum absolute atomic E-state index is 0.0600. The van der Waals surface area contributed by atoms with E-state index in [-0.39, 0.29) is 11.4 Å². The first-order valence-electron chi connectivity index (χ1n) is 5.64. The SMILES string of the molecule is COC(=O)CC1(CSc2ncc(C=O)cn2)CC1. The van der Waals surface area contributed by atoms with E-state index in [1.807, 2.05) is 0 Å². The lowest BCUT2D eigenvalue weighted by Crippen LogP contribution is -2.13. The summed E-state index contributed by atoms with van der Waals surface area (Å²) in [7, 11) is 1.41. The van der Waals surface area contributed by atoms with Crippen LogP contribution in [-0.4, -0.2) is 35.1 Å². The number of carbonyl (C=O) groups is 2. The van der Waals surface area contributed by atoms with Gasteiger partial charge in [-0.1, -0.05) is 11.8 Å². The van der Waals surface area contributed by atoms with Gasteiger partial charge in [0.2, 0.25) is 0 Å². The summed E-state index contributed by atoms with van der Waals surface area (Å²) in [5.74, 6) is 0.646. The van der Waals surface area contributed by atoms with Crippen molar-refractivity contribution in [3.63, 3.8) is 0 Å². The summed E-state index contributed by atoms with van der Waals surface area (Å²) in [6.45, 7) is 0. The molecule has 1 aromatic rings. The molecule has 96 valence electrons. The number of nitrogens with zero attached hydrogens (tertiary/aromatic N) is 2. The van der Waals surface area contributed by atoms with Crippen LogP contribution >= 0.6 is 11.8 Å². The van der Waals surface area contributed by atoms with Crippen LogP contribution in [-0.2, 0) is 9.53 Å². The van der Waals surface area contributed by atoms with Gasteiger partial charge in [-0.25, -0.2) is 9.97 Å². The van der Waals surface area contributed by atoms with E-state index in [9.17, 15) is 9.59 Å². The van der Waals surface area contributed by atoms with Gasteiger partial charge in [0.25, 0.3) is 0 Å². The zero-order valence-corrected chi connectivity index (χ0v) is 10.9. The molecule has 1 saturated carbocycles. The highest BCUT2D eigenvalue weighted by molar-refractivity contribution is 7.99. The van der Waals surface area contributed by atoms with Crippen LogP contribution in [0.4, 0.5) is 0 Å². The maximum Gasteiger partial charge on any atom is 0.306 e. The van der Waals surface area contributed by atoms with E-state index in [1.54, 1.807) is 0 Å². The smallest absolute Gasteiger partial charge is 0.306 e. The fraction of sp³-hybridized carbons (Fsp3) is 0.500. The Labute approximate surface area is 109 Å². The monoisotopic (exact) mass is 266 g/mol. The van der Waals surface area contributed by atoms with E-state index in [4.69, 9.17) is 4.74 Å². The lowest BCUT2D eigenvalue weighted by Gasteiger charge is -2.11. The van der Waals surface area contributed by atoms with Gasteiger partial charge in [0.05, 0.1) is 19.1 Å². The molecule has 0 bridgehead atoms. The van der Waals surface area contributed by atoms with Crippen molar-refractivity contribution in [3.05, 3.63) is 18.0 Å². The van der Waals surface area contributed by atoms with Crippen molar-refractivity contribution >= 4 is 24.0 Å². The molecular formula is C12H14N2O3S. The van der Waals surface area contributed by atoms with E-state index in [0.717, 1.165) is 18.6 Å². The fourth-order valence-corrected chi connectivity index (χ4v) is 2.69. The Morgan fingerprint density at radius 2 is 2.17 bits per heavy atom. The normalized spacial score (nSPS) is 16.1. The second-order valence-corrected chi connectivity index (χ2v) is 5.40. The number of hydrogen-bond acceptors (Lipinski definition) is 6. The predicted octanol–water partition coefficient (Wildman–Crippen LogP) is 1.72. The quantitative estimate of drug-likeness (QED) is 0.338. The van der Waals surface area contributed by atoms with Gasteiger partial charge < -0.3 is 4.74 Å². The van der Waals surface area contributed by atoms with Crippen molar-refractivity contribution in [1.82, 2.24) is 9.97 Å². The van der Waals surface area contributed by atoms with Crippen LogP contribution in [0.25, 0.3) is 0 Å². The lowest BCUT2D eigenvalue weighted by molar-refractivity contribution is -0.141. The molecule has 0 unspecified atom stereocenters. The number of aldehydes is 1. The molecule has 18 heavy (non-hydrogen) atoms. The summed E-state index contributed by atoms with van der Waals surface area (Å²) in [4.78, 5) is 29.9. The van der Waals surface area contributed by atoms with E-state index < -0.39 is 0 Å². The number of carbonyl (C=O) groups excluding carboxylic acids is 2. The molecule has 0 atom stereocenters. The van der Waals surface area contributed by atoms with Crippen molar-refractivity contribution in [2.75, 3.05) is 12.9 Å². The number of aromatic nitrogens is 2. The Hall–Kier alpha value is -1.43. The first-order valence-corrected chi connectivity index (χ1v) is 6.63. The summed E-state index contributed by atoms with van der Waals surface area (Å²) in [5.41, 5.74) is 0.528. The number of methoxy groups -OCH3 is 1. The molecular weight excluding hydrogens is 252 g/mol. The molecule has 1 aliphatic rings. The number of ether oxygens (including phenoxy) is 1. The Morgan fingerprint density at radius 1 is 1.50 bits per heavy atom. The number of hydrogen-bond donors (Lipinski definition) is 0. The predicted molar refractivity (Wildman–Crippen MR) is 66.4 cm³/mol. The average Bonchev–Trinajstić information content (AvgIpc) is 3.17. The van der Waals surface area contributed by atoms with Crippen molar-refractivity contribution < 1.29 is 14.3 Å². The minimum Gasteiger partial charge on any atom is -0.469 e. The van der Waals surface area contributed by atoms with E-state index in [2.05, 4.69) is 9.97 Å². The number of thioether (sulfide) groups is 1. The Bertz CT molecular complexity index is 443. The van der Waals surface area contributed by atoms with Crippen LogP contribution in [0.2, 0.25) is 0 Å². The number of rotatable bonds is 6. The highest BCUT2D eigenvalue weighted by Crippen LogP contribution is 2.51. The minimum atomic E-state index is -0.162. The van der Waals surface area contributed by atoms with Crippen LogP contribution < -0.4 is 0 Å². The molecule has 1 fully saturated rings. The van der Waals surface area contributed by atoms with Crippen molar-refractivity contribution in [2.45, 2.75) is 24.4 Å². The molecule has 1 aliphatic carbocycles. The third-order valence-electron chi connectivity index (χ3n) is 3.00. The largest absolute Gasteiger partial charge is 0.469 e. The van der Waals surface area contributed by atoms with Gasteiger partial charge in [-0.3, -0.25) is 9.59 Å². The van der Waals surface area contributed by atoms with Gasteiger partial charge in [-0.15, -0.1) is 0 Å². The Morgan fingerprint density at radius 3 is 2.67 bits per heavy atom. The van der Waals surface area contributed by atoms with Crippen LogP contribution in [0.15, 0.2) is 17.6 Å². The maximum atomic E-state index is 11.3. The van der Waals surface area contributed by atoms with Crippen LogP contribution in [0.1, 0.15) is 29.6 Å². The van der Waals surface area contributed by atoms with Crippen molar-refractivity contribution in [1.29, 1.82) is 0 Å². The zero-order valence-electron chi connectivity index (χ0n) is 10.1. The van der Waals surface area contributed by atoms with Gasteiger partial charge >= 0.3 is 5.97 Å². The molecule has 0 N–H and O–H groups in total. The molecule has 0 spiro atoms. The zero-order chi connectivity index (χ0) is 13.0. The van der Waals surface area contributed by atoms with Crippen molar-refractivity contribution in [2.24, 2.45) is 5.41 Å². The summed E-state index contributed by atoms with van der Waals surface area (Å²) < 4.78 is 4.69. The van der Waals surface area contributed by atoms with E-state index in [1.165, 1.54) is 31.3 Å². The molecule has 0 radical (unpaired) electrons. The summed E-state index contributed by atoms with van der Waals surface area (Å²) in [6.07, 6.45) is 6.27. The highest BCUT2D eigenvalue weighted by Gasteiger charge is 2.44. The highest BCUT2D eigenvalue weighted by atomic mass is 32.2. The molecule has 1 heterocycles. The standard InChI is InChI=1S/C12H14N2O3S/c1-17-10(16)4-12(2-3-12)8-18-11-13-5-9(7-15)6-14-11/h5-7H,2-4,8H2,1H3. The van der Waals surface area contributed by atoms with Gasteiger partial charge in [0, 0.05) is 18.1 Å². The van der Waals surface area contributed by atoms with Gasteiger partial charge in [-0.2, -0.15) is 0 Å². The third kappa shape index (κ3) is 3.29.